The number of imidazole rings is 1. The van der Waals surface area contributed by atoms with Crippen LogP contribution in [0.25, 0.3) is 11.1 Å². The van der Waals surface area contributed by atoms with E-state index < -0.39 is 0 Å². The number of H-pyrrole nitrogens is 2. The van der Waals surface area contributed by atoms with Gasteiger partial charge in [0.2, 0.25) is 0 Å². The fraction of sp³-hybridized carbons (Fsp3) is 0.250. The van der Waals surface area contributed by atoms with Gasteiger partial charge in [-0.05, 0) is 30.5 Å². The van der Waals surface area contributed by atoms with E-state index in [0.717, 1.165) is 30.9 Å². The minimum absolute atomic E-state index is 0.876. The molecule has 3 aromatic rings. The highest BCUT2D eigenvalue weighted by atomic mass is 15.2. The zero-order valence-corrected chi connectivity index (χ0v) is 11.9. The molecule has 0 aliphatic carbocycles. The molecule has 0 bridgehead atoms. The standard InChI is InChI=1S/C16H17N5/c1-11-15(8-19-20-11)13-3-2-12-4-5-21(16(12)6-13)9-14-7-17-10-18-14/h2-3,6-8,10H,4-5,9H2,1H3,(H,17,18)(H,19,20). The summed E-state index contributed by atoms with van der Waals surface area (Å²) < 4.78 is 0. The number of nitrogens with zero attached hydrogens (tertiary/aromatic N) is 3. The molecule has 2 N–H and O–H groups in total. The molecular formula is C16H17N5. The number of aryl methyl sites for hydroxylation is 1. The molecule has 0 saturated carbocycles. The fourth-order valence-corrected chi connectivity index (χ4v) is 3.00. The van der Waals surface area contributed by atoms with E-state index >= 15 is 0 Å². The number of fused-ring (bicyclic) bond motifs is 1. The molecule has 2 aromatic heterocycles. The molecule has 1 aliphatic rings. The lowest BCUT2D eigenvalue weighted by atomic mass is 10.0. The van der Waals surface area contributed by atoms with Crippen LogP contribution in [0.2, 0.25) is 0 Å². The second kappa shape index (κ2) is 4.77. The zero-order valence-electron chi connectivity index (χ0n) is 11.9. The van der Waals surface area contributed by atoms with Gasteiger partial charge in [-0.15, -0.1) is 0 Å². The van der Waals surface area contributed by atoms with E-state index in [2.05, 4.69) is 50.2 Å². The van der Waals surface area contributed by atoms with Crippen LogP contribution in [0.5, 0.6) is 0 Å². The van der Waals surface area contributed by atoms with Crippen LogP contribution in [0.15, 0.2) is 36.9 Å². The number of aromatic amines is 2. The first-order valence-corrected chi connectivity index (χ1v) is 7.17. The van der Waals surface area contributed by atoms with Gasteiger partial charge in [0.05, 0.1) is 24.8 Å². The van der Waals surface area contributed by atoms with Gasteiger partial charge in [-0.25, -0.2) is 4.98 Å². The first-order chi connectivity index (χ1) is 10.3. The summed E-state index contributed by atoms with van der Waals surface area (Å²) in [4.78, 5) is 9.68. The Bertz CT molecular complexity index is 757. The maximum Gasteiger partial charge on any atom is 0.0922 e. The zero-order chi connectivity index (χ0) is 14.2. The van der Waals surface area contributed by atoms with Crippen molar-refractivity contribution >= 4 is 5.69 Å². The van der Waals surface area contributed by atoms with Crippen molar-refractivity contribution in [3.8, 4) is 11.1 Å². The van der Waals surface area contributed by atoms with Gasteiger partial charge in [0, 0.05) is 29.7 Å². The maximum absolute atomic E-state index is 4.12. The third-order valence-corrected chi connectivity index (χ3v) is 4.13. The molecule has 5 heteroatoms. The van der Waals surface area contributed by atoms with E-state index in [1.54, 1.807) is 6.33 Å². The molecule has 5 nitrogen and oxygen atoms in total. The van der Waals surface area contributed by atoms with E-state index in [-0.39, 0.29) is 0 Å². The Hall–Kier alpha value is -2.56. The highest BCUT2D eigenvalue weighted by molar-refractivity contribution is 5.73. The van der Waals surface area contributed by atoms with E-state index in [9.17, 15) is 0 Å². The van der Waals surface area contributed by atoms with Crippen molar-refractivity contribution < 1.29 is 0 Å². The molecule has 3 heterocycles. The van der Waals surface area contributed by atoms with E-state index in [1.807, 2.05) is 12.4 Å². The normalized spacial score (nSPS) is 13.7. The molecule has 0 unspecified atom stereocenters. The van der Waals surface area contributed by atoms with Crippen LogP contribution in [0, 0.1) is 6.92 Å². The summed E-state index contributed by atoms with van der Waals surface area (Å²) in [6.07, 6.45) is 6.62. The minimum atomic E-state index is 0.876. The summed E-state index contributed by atoms with van der Waals surface area (Å²) in [5, 5.41) is 7.13. The van der Waals surface area contributed by atoms with Gasteiger partial charge in [-0.2, -0.15) is 5.10 Å². The van der Waals surface area contributed by atoms with Gasteiger partial charge in [0.25, 0.3) is 0 Å². The van der Waals surface area contributed by atoms with Crippen molar-refractivity contribution in [2.45, 2.75) is 19.9 Å². The predicted octanol–water partition coefficient (Wildman–Crippen LogP) is 2.67. The number of rotatable bonds is 3. The maximum atomic E-state index is 4.12. The summed E-state index contributed by atoms with van der Waals surface area (Å²) in [5.74, 6) is 0. The highest BCUT2D eigenvalue weighted by Gasteiger charge is 2.20. The van der Waals surface area contributed by atoms with Crippen LogP contribution in [0.4, 0.5) is 5.69 Å². The molecule has 0 fully saturated rings. The lowest BCUT2D eigenvalue weighted by Gasteiger charge is -2.19. The quantitative estimate of drug-likeness (QED) is 0.775. The summed E-state index contributed by atoms with van der Waals surface area (Å²) in [7, 11) is 0. The van der Waals surface area contributed by atoms with Crippen LogP contribution in [-0.2, 0) is 13.0 Å². The molecule has 1 aromatic carbocycles. The minimum Gasteiger partial charge on any atom is -0.365 e. The van der Waals surface area contributed by atoms with Crippen LogP contribution in [0.3, 0.4) is 0 Å². The third-order valence-electron chi connectivity index (χ3n) is 4.13. The number of benzene rings is 1. The Morgan fingerprint density at radius 2 is 2.24 bits per heavy atom. The molecule has 0 saturated heterocycles. The van der Waals surface area contributed by atoms with Crippen LogP contribution >= 0.6 is 0 Å². The van der Waals surface area contributed by atoms with Crippen molar-refractivity contribution in [3.05, 3.63) is 53.9 Å². The van der Waals surface area contributed by atoms with Gasteiger partial charge in [0.1, 0.15) is 0 Å². The van der Waals surface area contributed by atoms with E-state index in [4.69, 9.17) is 0 Å². The average molecular weight is 279 g/mol. The van der Waals surface area contributed by atoms with Gasteiger partial charge in [-0.3, -0.25) is 5.10 Å². The van der Waals surface area contributed by atoms with Crippen molar-refractivity contribution in [1.29, 1.82) is 0 Å². The third kappa shape index (κ3) is 2.11. The Balaban J connectivity index is 1.69. The molecule has 1 aliphatic heterocycles. The van der Waals surface area contributed by atoms with Crippen LogP contribution < -0.4 is 4.90 Å². The monoisotopic (exact) mass is 279 g/mol. The Morgan fingerprint density at radius 3 is 3.00 bits per heavy atom. The fourth-order valence-electron chi connectivity index (χ4n) is 3.00. The number of aromatic nitrogens is 4. The molecule has 0 spiro atoms. The Kier molecular flexibility index (Phi) is 2.77. The van der Waals surface area contributed by atoms with Gasteiger partial charge < -0.3 is 9.88 Å². The van der Waals surface area contributed by atoms with Crippen molar-refractivity contribution in [2.75, 3.05) is 11.4 Å². The topological polar surface area (TPSA) is 60.6 Å². The first kappa shape index (κ1) is 12.2. The van der Waals surface area contributed by atoms with Crippen LogP contribution in [-0.4, -0.2) is 26.7 Å². The summed E-state index contributed by atoms with van der Waals surface area (Å²) in [6.45, 7) is 3.99. The highest BCUT2D eigenvalue weighted by Crippen LogP contribution is 2.34. The molecular weight excluding hydrogens is 262 g/mol. The number of hydrogen-bond donors (Lipinski definition) is 2. The second-order valence-corrected chi connectivity index (χ2v) is 5.50. The SMILES string of the molecule is Cc1[nH]ncc1-c1ccc2c(c1)N(Cc1cnc[nH]1)CC2. The Labute approximate surface area is 123 Å². The van der Waals surface area contributed by atoms with Gasteiger partial charge >= 0.3 is 0 Å². The largest absolute Gasteiger partial charge is 0.365 e. The predicted molar refractivity (Wildman–Crippen MR) is 82.1 cm³/mol. The molecule has 21 heavy (non-hydrogen) atoms. The van der Waals surface area contributed by atoms with E-state index in [1.165, 1.54) is 22.4 Å². The van der Waals surface area contributed by atoms with Gasteiger partial charge in [-0.1, -0.05) is 12.1 Å². The number of anilines is 1. The van der Waals surface area contributed by atoms with E-state index in [0.29, 0.717) is 0 Å². The smallest absolute Gasteiger partial charge is 0.0922 e. The summed E-state index contributed by atoms with van der Waals surface area (Å²) in [5.41, 5.74) is 7.38. The van der Waals surface area contributed by atoms with Gasteiger partial charge in [0.15, 0.2) is 0 Å². The van der Waals surface area contributed by atoms with Crippen molar-refractivity contribution in [3.63, 3.8) is 0 Å². The molecule has 0 amide bonds. The summed E-state index contributed by atoms with van der Waals surface area (Å²) in [6, 6.07) is 6.71. The Morgan fingerprint density at radius 1 is 1.29 bits per heavy atom. The first-order valence-electron chi connectivity index (χ1n) is 7.17. The summed E-state index contributed by atoms with van der Waals surface area (Å²) >= 11 is 0. The van der Waals surface area contributed by atoms with Crippen molar-refractivity contribution in [2.24, 2.45) is 0 Å². The van der Waals surface area contributed by atoms with Crippen LogP contribution in [0.1, 0.15) is 17.0 Å². The molecule has 0 radical (unpaired) electrons. The molecule has 4 rings (SSSR count). The molecule has 0 atom stereocenters. The second-order valence-electron chi connectivity index (χ2n) is 5.50. The number of hydrogen-bond acceptors (Lipinski definition) is 3. The average Bonchev–Trinajstić information content (AvgIpc) is 3.21. The lowest BCUT2D eigenvalue weighted by Crippen LogP contribution is -2.19. The number of nitrogens with one attached hydrogen (secondary N) is 2. The molecule has 106 valence electrons. The lowest BCUT2D eigenvalue weighted by molar-refractivity contribution is 0.819. The van der Waals surface area contributed by atoms with Crippen molar-refractivity contribution in [1.82, 2.24) is 20.2 Å².